The molecule has 1 aromatic rings. The molecule has 0 bridgehead atoms. The van der Waals surface area contributed by atoms with Crippen molar-refractivity contribution in [3.63, 3.8) is 0 Å². The second-order valence-electron chi connectivity index (χ2n) is 4.73. The SMILES string of the molecule is COc1ccc(C)cc1N1CCN(CCO)CC1. The summed E-state index contributed by atoms with van der Waals surface area (Å²) >= 11 is 0. The van der Waals surface area contributed by atoms with Crippen molar-refractivity contribution in [2.75, 3.05) is 51.3 Å². The Hall–Kier alpha value is -1.26. The van der Waals surface area contributed by atoms with Gasteiger partial charge in [0.1, 0.15) is 5.75 Å². The summed E-state index contributed by atoms with van der Waals surface area (Å²) in [5, 5.41) is 8.94. The molecule has 4 nitrogen and oxygen atoms in total. The monoisotopic (exact) mass is 250 g/mol. The summed E-state index contributed by atoms with van der Waals surface area (Å²) in [6.07, 6.45) is 0. The van der Waals surface area contributed by atoms with E-state index in [1.54, 1.807) is 7.11 Å². The maximum absolute atomic E-state index is 8.94. The fraction of sp³-hybridized carbons (Fsp3) is 0.571. The molecule has 0 atom stereocenters. The Morgan fingerprint density at radius 3 is 2.56 bits per heavy atom. The molecule has 1 saturated heterocycles. The predicted octanol–water partition coefficient (Wildman–Crippen LogP) is 1.12. The molecule has 1 aliphatic rings. The molecule has 0 aromatic heterocycles. The summed E-state index contributed by atoms with van der Waals surface area (Å²) in [5.41, 5.74) is 2.43. The van der Waals surface area contributed by atoms with E-state index in [0.29, 0.717) is 0 Å². The molecule has 0 saturated carbocycles. The largest absolute Gasteiger partial charge is 0.495 e. The summed E-state index contributed by atoms with van der Waals surface area (Å²) in [6, 6.07) is 6.29. The Kier molecular flexibility index (Phi) is 4.44. The molecule has 0 amide bonds. The van der Waals surface area contributed by atoms with Gasteiger partial charge in [-0.15, -0.1) is 0 Å². The highest BCUT2D eigenvalue weighted by Gasteiger charge is 2.19. The third-order valence-electron chi connectivity index (χ3n) is 3.46. The molecule has 0 aliphatic carbocycles. The van der Waals surface area contributed by atoms with E-state index < -0.39 is 0 Å². The molecule has 1 aromatic carbocycles. The van der Waals surface area contributed by atoms with Crippen molar-refractivity contribution in [3.8, 4) is 5.75 Å². The molecule has 0 unspecified atom stereocenters. The van der Waals surface area contributed by atoms with Crippen LogP contribution in [0.3, 0.4) is 0 Å². The van der Waals surface area contributed by atoms with E-state index in [9.17, 15) is 0 Å². The van der Waals surface area contributed by atoms with Gasteiger partial charge in [0.2, 0.25) is 0 Å². The van der Waals surface area contributed by atoms with Crippen molar-refractivity contribution in [2.45, 2.75) is 6.92 Å². The first kappa shape index (κ1) is 13.2. The highest BCUT2D eigenvalue weighted by atomic mass is 16.5. The molecule has 2 rings (SSSR count). The lowest BCUT2D eigenvalue weighted by Crippen LogP contribution is -2.47. The van der Waals surface area contributed by atoms with E-state index in [1.165, 1.54) is 11.3 Å². The van der Waals surface area contributed by atoms with Gasteiger partial charge in [-0.1, -0.05) is 6.07 Å². The van der Waals surface area contributed by atoms with E-state index in [0.717, 1.165) is 38.5 Å². The average molecular weight is 250 g/mol. The maximum Gasteiger partial charge on any atom is 0.142 e. The lowest BCUT2D eigenvalue weighted by atomic mass is 10.1. The minimum atomic E-state index is 0.244. The Labute approximate surface area is 109 Å². The van der Waals surface area contributed by atoms with Crippen molar-refractivity contribution in [1.29, 1.82) is 0 Å². The van der Waals surface area contributed by atoms with Gasteiger partial charge in [-0.05, 0) is 24.6 Å². The standard InChI is InChI=1S/C14H22N2O2/c1-12-3-4-14(18-2)13(11-12)16-7-5-15(6-8-16)9-10-17/h3-4,11,17H,5-10H2,1-2H3. The number of ether oxygens (including phenoxy) is 1. The number of piperazine rings is 1. The molecular formula is C14H22N2O2. The zero-order chi connectivity index (χ0) is 13.0. The van der Waals surface area contributed by atoms with Crippen LogP contribution >= 0.6 is 0 Å². The number of anilines is 1. The molecule has 1 N–H and O–H groups in total. The third-order valence-corrected chi connectivity index (χ3v) is 3.46. The zero-order valence-electron chi connectivity index (χ0n) is 11.2. The summed E-state index contributed by atoms with van der Waals surface area (Å²) in [4.78, 5) is 4.65. The van der Waals surface area contributed by atoms with Gasteiger partial charge >= 0.3 is 0 Å². The van der Waals surface area contributed by atoms with Crippen molar-refractivity contribution >= 4 is 5.69 Å². The highest BCUT2D eigenvalue weighted by molar-refractivity contribution is 5.60. The Morgan fingerprint density at radius 1 is 1.22 bits per heavy atom. The number of hydrogen-bond acceptors (Lipinski definition) is 4. The van der Waals surface area contributed by atoms with Gasteiger partial charge in [0.15, 0.2) is 0 Å². The third kappa shape index (κ3) is 2.94. The fourth-order valence-electron chi connectivity index (χ4n) is 2.40. The van der Waals surface area contributed by atoms with E-state index in [-0.39, 0.29) is 6.61 Å². The number of aryl methyl sites for hydroxylation is 1. The molecule has 100 valence electrons. The summed E-state index contributed by atoms with van der Waals surface area (Å²) in [7, 11) is 1.72. The number of aliphatic hydroxyl groups is 1. The van der Waals surface area contributed by atoms with Gasteiger partial charge in [0, 0.05) is 32.7 Å². The van der Waals surface area contributed by atoms with Crippen LogP contribution in [0.2, 0.25) is 0 Å². The lowest BCUT2D eigenvalue weighted by molar-refractivity contribution is 0.188. The maximum atomic E-state index is 8.94. The summed E-state index contributed by atoms with van der Waals surface area (Å²) in [6.45, 7) is 7.09. The quantitative estimate of drug-likeness (QED) is 0.868. The molecule has 4 heteroatoms. The molecule has 18 heavy (non-hydrogen) atoms. The van der Waals surface area contributed by atoms with Gasteiger partial charge in [-0.25, -0.2) is 0 Å². The first-order chi connectivity index (χ1) is 8.74. The van der Waals surface area contributed by atoms with Crippen LogP contribution in [0.4, 0.5) is 5.69 Å². The molecule has 1 fully saturated rings. The Morgan fingerprint density at radius 2 is 1.94 bits per heavy atom. The van der Waals surface area contributed by atoms with E-state index >= 15 is 0 Å². The van der Waals surface area contributed by atoms with Crippen molar-refractivity contribution in [1.82, 2.24) is 4.90 Å². The summed E-state index contributed by atoms with van der Waals surface area (Å²) < 4.78 is 5.43. The number of hydrogen-bond donors (Lipinski definition) is 1. The summed E-state index contributed by atoms with van der Waals surface area (Å²) in [5.74, 6) is 0.941. The van der Waals surface area contributed by atoms with Crippen LogP contribution < -0.4 is 9.64 Å². The van der Waals surface area contributed by atoms with E-state index in [2.05, 4.69) is 28.9 Å². The Bertz CT molecular complexity index is 387. The Balaban J connectivity index is 2.06. The van der Waals surface area contributed by atoms with E-state index in [4.69, 9.17) is 9.84 Å². The fourth-order valence-corrected chi connectivity index (χ4v) is 2.40. The van der Waals surface area contributed by atoms with Crippen LogP contribution in [0, 0.1) is 6.92 Å². The predicted molar refractivity (Wildman–Crippen MR) is 73.5 cm³/mol. The number of benzene rings is 1. The van der Waals surface area contributed by atoms with Crippen LogP contribution in [-0.2, 0) is 0 Å². The zero-order valence-corrected chi connectivity index (χ0v) is 11.2. The minimum absolute atomic E-state index is 0.244. The molecule has 1 aliphatic heterocycles. The second-order valence-corrected chi connectivity index (χ2v) is 4.73. The topological polar surface area (TPSA) is 35.9 Å². The molecule has 0 radical (unpaired) electrons. The van der Waals surface area contributed by atoms with Crippen LogP contribution in [0.1, 0.15) is 5.56 Å². The normalized spacial score (nSPS) is 16.9. The first-order valence-electron chi connectivity index (χ1n) is 6.47. The van der Waals surface area contributed by atoms with Crippen molar-refractivity contribution in [2.24, 2.45) is 0 Å². The minimum Gasteiger partial charge on any atom is -0.495 e. The van der Waals surface area contributed by atoms with Gasteiger partial charge in [0.25, 0.3) is 0 Å². The van der Waals surface area contributed by atoms with Gasteiger partial charge in [-0.3, -0.25) is 4.90 Å². The first-order valence-corrected chi connectivity index (χ1v) is 6.47. The highest BCUT2D eigenvalue weighted by Crippen LogP contribution is 2.29. The number of aliphatic hydroxyl groups excluding tert-OH is 1. The molecular weight excluding hydrogens is 228 g/mol. The van der Waals surface area contributed by atoms with Gasteiger partial charge < -0.3 is 14.7 Å². The van der Waals surface area contributed by atoms with Crippen LogP contribution in [0.5, 0.6) is 5.75 Å². The second kappa shape index (κ2) is 6.07. The van der Waals surface area contributed by atoms with Gasteiger partial charge in [0.05, 0.1) is 19.4 Å². The lowest BCUT2D eigenvalue weighted by Gasteiger charge is -2.36. The van der Waals surface area contributed by atoms with Crippen LogP contribution in [0.25, 0.3) is 0 Å². The molecule has 0 spiro atoms. The number of methoxy groups -OCH3 is 1. The van der Waals surface area contributed by atoms with Crippen molar-refractivity contribution in [3.05, 3.63) is 23.8 Å². The number of nitrogens with zero attached hydrogens (tertiary/aromatic N) is 2. The smallest absolute Gasteiger partial charge is 0.142 e. The van der Waals surface area contributed by atoms with Gasteiger partial charge in [-0.2, -0.15) is 0 Å². The molecule has 1 heterocycles. The van der Waals surface area contributed by atoms with Crippen LogP contribution in [0.15, 0.2) is 18.2 Å². The average Bonchev–Trinajstić information content (AvgIpc) is 2.40. The number of β-amino-alcohol motifs (C(OH)–C–C–N with tert-alkyl or cyclic N) is 1. The van der Waals surface area contributed by atoms with Crippen molar-refractivity contribution < 1.29 is 9.84 Å². The van der Waals surface area contributed by atoms with E-state index in [1.807, 2.05) is 6.07 Å². The number of rotatable bonds is 4. The van der Waals surface area contributed by atoms with Crippen LogP contribution in [-0.4, -0.2) is 56.4 Å².